The fourth-order valence-electron chi connectivity index (χ4n) is 2.34. The zero-order valence-electron chi connectivity index (χ0n) is 13.7. The molecule has 0 fully saturated rings. The van der Waals surface area contributed by atoms with Gasteiger partial charge < -0.3 is 9.73 Å². The lowest BCUT2D eigenvalue weighted by molar-refractivity contribution is -0.111. The van der Waals surface area contributed by atoms with Gasteiger partial charge in [0.2, 0.25) is 5.91 Å². The number of hydrogen-bond acceptors (Lipinski definition) is 2. The standard InChI is InChI=1S/C20H14Cl3NO2/c1-12-5-6-13(21)11-17(12)24-19(25)10-8-14-7-9-18(26-14)15-3-2-4-16(22)20(15)23/h2-11H,1H3,(H,24,25). The number of carbonyl (C=O) groups excluding carboxylic acids is 1. The second-order valence-electron chi connectivity index (χ2n) is 5.59. The quantitative estimate of drug-likeness (QED) is 0.480. The van der Waals surface area contributed by atoms with Crippen LogP contribution in [0.2, 0.25) is 15.1 Å². The molecule has 0 aliphatic heterocycles. The summed E-state index contributed by atoms with van der Waals surface area (Å²) in [6.07, 6.45) is 2.97. The largest absolute Gasteiger partial charge is 0.457 e. The zero-order valence-corrected chi connectivity index (χ0v) is 16.0. The topological polar surface area (TPSA) is 42.2 Å². The number of amides is 1. The number of rotatable bonds is 4. The average molecular weight is 407 g/mol. The maximum atomic E-state index is 12.1. The monoisotopic (exact) mass is 405 g/mol. The number of nitrogens with one attached hydrogen (secondary N) is 1. The third-order valence-corrected chi connectivity index (χ3v) is 4.75. The van der Waals surface area contributed by atoms with Gasteiger partial charge >= 0.3 is 0 Å². The van der Waals surface area contributed by atoms with Gasteiger partial charge in [-0.3, -0.25) is 4.79 Å². The van der Waals surface area contributed by atoms with Gasteiger partial charge in [0.05, 0.1) is 10.0 Å². The highest BCUT2D eigenvalue weighted by atomic mass is 35.5. The number of halogens is 3. The van der Waals surface area contributed by atoms with Gasteiger partial charge in [-0.05, 0) is 55.0 Å². The van der Waals surface area contributed by atoms with Crippen molar-refractivity contribution in [2.24, 2.45) is 0 Å². The molecule has 3 aromatic rings. The van der Waals surface area contributed by atoms with Gasteiger partial charge in [-0.2, -0.15) is 0 Å². The summed E-state index contributed by atoms with van der Waals surface area (Å²) in [5.41, 5.74) is 2.28. The second-order valence-corrected chi connectivity index (χ2v) is 6.81. The SMILES string of the molecule is Cc1ccc(Cl)cc1NC(=O)C=Cc1ccc(-c2cccc(Cl)c2Cl)o1. The van der Waals surface area contributed by atoms with E-state index < -0.39 is 0 Å². The molecule has 26 heavy (non-hydrogen) atoms. The van der Waals surface area contributed by atoms with E-state index >= 15 is 0 Å². The molecule has 3 nitrogen and oxygen atoms in total. The van der Waals surface area contributed by atoms with Crippen LogP contribution in [0.15, 0.2) is 59.0 Å². The first kappa shape index (κ1) is 18.6. The highest BCUT2D eigenvalue weighted by Gasteiger charge is 2.10. The van der Waals surface area contributed by atoms with Crippen LogP contribution < -0.4 is 5.32 Å². The van der Waals surface area contributed by atoms with E-state index in [0.29, 0.717) is 37.8 Å². The van der Waals surface area contributed by atoms with Crippen molar-refractivity contribution in [3.05, 3.63) is 81.0 Å². The molecule has 0 radical (unpaired) electrons. The van der Waals surface area contributed by atoms with Crippen molar-refractivity contribution in [2.45, 2.75) is 6.92 Å². The molecular weight excluding hydrogens is 393 g/mol. The minimum absolute atomic E-state index is 0.283. The Labute approximate surface area is 166 Å². The average Bonchev–Trinajstić information content (AvgIpc) is 3.07. The number of carbonyl (C=O) groups is 1. The highest BCUT2D eigenvalue weighted by molar-refractivity contribution is 6.43. The Morgan fingerprint density at radius 3 is 2.69 bits per heavy atom. The van der Waals surface area contributed by atoms with Crippen LogP contribution in [-0.4, -0.2) is 5.91 Å². The lowest BCUT2D eigenvalue weighted by Crippen LogP contribution is -2.08. The summed E-state index contributed by atoms with van der Waals surface area (Å²) in [5, 5.41) is 4.22. The lowest BCUT2D eigenvalue weighted by atomic mass is 10.2. The van der Waals surface area contributed by atoms with Crippen molar-refractivity contribution in [3.63, 3.8) is 0 Å². The molecule has 0 aliphatic carbocycles. The normalized spacial score (nSPS) is 11.1. The Bertz CT molecular complexity index is 992. The van der Waals surface area contributed by atoms with Crippen LogP contribution in [0.5, 0.6) is 0 Å². The number of furan rings is 1. The van der Waals surface area contributed by atoms with Crippen LogP contribution in [0.4, 0.5) is 5.69 Å². The molecule has 0 bridgehead atoms. The van der Waals surface area contributed by atoms with Crippen LogP contribution in [0, 0.1) is 6.92 Å². The van der Waals surface area contributed by atoms with E-state index in [1.807, 2.05) is 19.1 Å². The maximum absolute atomic E-state index is 12.1. The van der Waals surface area contributed by atoms with Crippen LogP contribution >= 0.6 is 34.8 Å². The van der Waals surface area contributed by atoms with Crippen LogP contribution in [0.1, 0.15) is 11.3 Å². The van der Waals surface area contributed by atoms with E-state index in [-0.39, 0.29) is 5.91 Å². The third kappa shape index (κ3) is 4.31. The molecule has 0 aliphatic rings. The first-order valence-corrected chi connectivity index (χ1v) is 8.87. The van der Waals surface area contributed by atoms with E-state index in [9.17, 15) is 4.79 Å². The van der Waals surface area contributed by atoms with E-state index in [4.69, 9.17) is 39.2 Å². The molecule has 0 saturated carbocycles. The Morgan fingerprint density at radius 1 is 1.08 bits per heavy atom. The third-order valence-electron chi connectivity index (χ3n) is 3.70. The van der Waals surface area contributed by atoms with Crippen molar-refractivity contribution in [3.8, 4) is 11.3 Å². The van der Waals surface area contributed by atoms with Crippen molar-refractivity contribution in [1.29, 1.82) is 0 Å². The molecule has 3 rings (SSSR count). The van der Waals surface area contributed by atoms with E-state index in [1.54, 1.807) is 42.5 Å². The number of aryl methyl sites for hydroxylation is 1. The van der Waals surface area contributed by atoms with Gasteiger partial charge in [0.1, 0.15) is 11.5 Å². The summed E-state index contributed by atoms with van der Waals surface area (Å²) < 4.78 is 5.72. The number of anilines is 1. The molecule has 2 aromatic carbocycles. The minimum Gasteiger partial charge on any atom is -0.457 e. The molecule has 0 unspecified atom stereocenters. The first-order chi connectivity index (χ1) is 12.4. The molecule has 0 atom stereocenters. The molecule has 0 saturated heterocycles. The molecule has 6 heteroatoms. The number of benzene rings is 2. The molecule has 1 aromatic heterocycles. The summed E-state index contributed by atoms with van der Waals surface area (Å²) >= 11 is 18.2. The Hall–Kier alpha value is -2.20. The van der Waals surface area contributed by atoms with Gasteiger partial charge in [0.25, 0.3) is 0 Å². The molecule has 1 heterocycles. The Kier molecular flexibility index (Phi) is 5.72. The summed E-state index contributed by atoms with van der Waals surface area (Å²) in [6.45, 7) is 1.89. The van der Waals surface area contributed by atoms with Gasteiger partial charge in [0, 0.05) is 22.3 Å². The fourth-order valence-corrected chi connectivity index (χ4v) is 2.91. The predicted octanol–water partition coefficient (Wildman–Crippen LogP) is 6.87. The summed E-state index contributed by atoms with van der Waals surface area (Å²) in [4.78, 5) is 12.1. The molecule has 132 valence electrons. The zero-order chi connectivity index (χ0) is 18.7. The Balaban J connectivity index is 1.73. The van der Waals surface area contributed by atoms with E-state index in [1.165, 1.54) is 6.08 Å². The van der Waals surface area contributed by atoms with Crippen molar-refractivity contribution in [2.75, 3.05) is 5.32 Å². The van der Waals surface area contributed by atoms with Crippen molar-refractivity contribution in [1.82, 2.24) is 0 Å². The van der Waals surface area contributed by atoms with Crippen LogP contribution in [0.3, 0.4) is 0 Å². The smallest absolute Gasteiger partial charge is 0.248 e. The summed E-state index contributed by atoms with van der Waals surface area (Å²) in [6, 6.07) is 14.2. The number of hydrogen-bond donors (Lipinski definition) is 1. The van der Waals surface area contributed by atoms with E-state index in [2.05, 4.69) is 5.32 Å². The van der Waals surface area contributed by atoms with Gasteiger partial charge in [-0.15, -0.1) is 0 Å². The fraction of sp³-hybridized carbons (Fsp3) is 0.0500. The summed E-state index contributed by atoms with van der Waals surface area (Å²) in [7, 11) is 0. The van der Waals surface area contributed by atoms with Gasteiger partial charge in [-0.25, -0.2) is 0 Å². The highest BCUT2D eigenvalue weighted by Crippen LogP contribution is 2.34. The van der Waals surface area contributed by atoms with Crippen LogP contribution in [0.25, 0.3) is 17.4 Å². The lowest BCUT2D eigenvalue weighted by Gasteiger charge is -2.06. The summed E-state index contributed by atoms with van der Waals surface area (Å²) in [5.74, 6) is 0.811. The van der Waals surface area contributed by atoms with Gasteiger partial charge in [-0.1, -0.05) is 46.9 Å². The minimum atomic E-state index is -0.283. The first-order valence-electron chi connectivity index (χ1n) is 7.73. The maximum Gasteiger partial charge on any atom is 0.248 e. The molecule has 0 spiro atoms. The molecule has 1 N–H and O–H groups in total. The molecule has 1 amide bonds. The van der Waals surface area contributed by atoms with Crippen molar-refractivity contribution < 1.29 is 9.21 Å². The Morgan fingerprint density at radius 2 is 1.88 bits per heavy atom. The van der Waals surface area contributed by atoms with Crippen LogP contribution in [-0.2, 0) is 4.79 Å². The van der Waals surface area contributed by atoms with E-state index in [0.717, 1.165) is 5.56 Å². The van der Waals surface area contributed by atoms with Gasteiger partial charge in [0.15, 0.2) is 0 Å². The molecular formula is C20H14Cl3NO2. The second kappa shape index (κ2) is 8.00. The predicted molar refractivity (Wildman–Crippen MR) is 108 cm³/mol. The van der Waals surface area contributed by atoms with Crippen molar-refractivity contribution >= 4 is 52.5 Å².